The third-order valence-corrected chi connectivity index (χ3v) is 4.49. The number of aromatic carboxylic acids is 1. The quantitative estimate of drug-likeness (QED) is 0.456. The van der Waals surface area contributed by atoms with Crippen LogP contribution < -0.4 is 5.73 Å². The van der Waals surface area contributed by atoms with E-state index < -0.39 is 5.97 Å². The van der Waals surface area contributed by atoms with E-state index >= 15 is 0 Å². The molecule has 0 aliphatic heterocycles. The molecule has 0 fully saturated rings. The lowest BCUT2D eigenvalue weighted by atomic mass is 10.2. The topological polar surface area (TPSA) is 150 Å². The van der Waals surface area contributed by atoms with Gasteiger partial charge in [0.15, 0.2) is 17.1 Å². The van der Waals surface area contributed by atoms with Crippen molar-refractivity contribution in [2.45, 2.75) is 13.0 Å². The summed E-state index contributed by atoms with van der Waals surface area (Å²) in [5.41, 5.74) is 8.10. The number of hydrogen-bond acceptors (Lipinski definition) is 8. The summed E-state index contributed by atoms with van der Waals surface area (Å²) in [5, 5.41) is 18.4. The summed E-state index contributed by atoms with van der Waals surface area (Å²) >= 11 is 0. The van der Waals surface area contributed by atoms with E-state index in [0.717, 1.165) is 5.56 Å². The highest BCUT2D eigenvalue weighted by molar-refractivity contribution is 5.90. The average molecular weight is 390 g/mol. The molecule has 0 radical (unpaired) electrons. The first kappa shape index (κ1) is 16.9. The molecule has 5 aromatic rings. The van der Waals surface area contributed by atoms with Gasteiger partial charge < -0.3 is 15.3 Å². The predicted molar refractivity (Wildman–Crippen MR) is 101 cm³/mol. The van der Waals surface area contributed by atoms with Gasteiger partial charge in [0.05, 0.1) is 17.8 Å². The van der Waals surface area contributed by atoms with Gasteiger partial charge in [0.25, 0.3) is 0 Å². The molecule has 144 valence electrons. The molecule has 0 bridgehead atoms. The fourth-order valence-corrected chi connectivity index (χ4v) is 3.06. The number of nitrogen functional groups attached to an aromatic ring is 1. The number of furan rings is 1. The van der Waals surface area contributed by atoms with Crippen LogP contribution >= 0.6 is 0 Å². The molecular weight excluding hydrogens is 376 g/mol. The number of aromatic nitrogens is 7. The number of nitrogens with two attached hydrogens (primary N) is 1. The van der Waals surface area contributed by atoms with Crippen molar-refractivity contribution in [2.24, 2.45) is 0 Å². The van der Waals surface area contributed by atoms with Crippen LogP contribution in [-0.2, 0) is 13.0 Å². The van der Waals surface area contributed by atoms with Crippen molar-refractivity contribution in [2.75, 3.05) is 5.73 Å². The molecule has 0 saturated heterocycles. The molecule has 0 aromatic carbocycles. The number of nitrogens with zero attached hydrogens (tertiary/aromatic N) is 7. The third kappa shape index (κ3) is 2.84. The lowest BCUT2D eigenvalue weighted by Gasteiger charge is -2.05. The van der Waals surface area contributed by atoms with Crippen LogP contribution in [0.25, 0.3) is 28.3 Å². The second-order valence-corrected chi connectivity index (χ2v) is 6.33. The summed E-state index contributed by atoms with van der Waals surface area (Å²) < 4.78 is 8.53. The molecule has 0 amide bonds. The maximum Gasteiger partial charge on any atom is 0.354 e. The smallest absolute Gasteiger partial charge is 0.354 e. The fraction of sp³-hybridized carbons (Fsp3) is 0.111. The lowest BCUT2D eigenvalue weighted by molar-refractivity contribution is 0.0690. The third-order valence-electron chi connectivity index (χ3n) is 4.49. The van der Waals surface area contributed by atoms with Crippen LogP contribution in [0.4, 0.5) is 5.95 Å². The Bertz CT molecular complexity index is 1340. The van der Waals surface area contributed by atoms with Crippen molar-refractivity contribution in [3.63, 3.8) is 0 Å². The van der Waals surface area contributed by atoms with E-state index in [0.29, 0.717) is 41.2 Å². The number of anilines is 1. The second kappa shape index (κ2) is 6.41. The Labute approximate surface area is 162 Å². The van der Waals surface area contributed by atoms with Crippen molar-refractivity contribution in [1.82, 2.24) is 34.3 Å². The van der Waals surface area contributed by atoms with E-state index in [2.05, 4.69) is 25.1 Å². The maximum absolute atomic E-state index is 10.9. The van der Waals surface area contributed by atoms with Crippen LogP contribution in [0, 0.1) is 0 Å². The van der Waals surface area contributed by atoms with Gasteiger partial charge in [0, 0.05) is 12.7 Å². The van der Waals surface area contributed by atoms with Crippen molar-refractivity contribution in [3.05, 3.63) is 54.2 Å². The summed E-state index contributed by atoms with van der Waals surface area (Å²) in [4.78, 5) is 23.8. The van der Waals surface area contributed by atoms with Gasteiger partial charge in [-0.3, -0.25) is 0 Å². The van der Waals surface area contributed by atoms with E-state index in [4.69, 9.17) is 15.3 Å². The molecule has 0 unspecified atom stereocenters. The van der Waals surface area contributed by atoms with Crippen molar-refractivity contribution < 1.29 is 14.3 Å². The van der Waals surface area contributed by atoms with Crippen LogP contribution in [0.2, 0.25) is 0 Å². The highest BCUT2D eigenvalue weighted by Crippen LogP contribution is 2.23. The van der Waals surface area contributed by atoms with Crippen LogP contribution in [0.3, 0.4) is 0 Å². The Morgan fingerprint density at radius 3 is 2.79 bits per heavy atom. The van der Waals surface area contributed by atoms with E-state index in [1.54, 1.807) is 41.5 Å². The molecule has 29 heavy (non-hydrogen) atoms. The zero-order chi connectivity index (χ0) is 20.0. The van der Waals surface area contributed by atoms with Gasteiger partial charge >= 0.3 is 5.97 Å². The minimum Gasteiger partial charge on any atom is -0.477 e. The number of carbonyl (C=O) groups is 1. The number of fused-ring (bicyclic) bond motifs is 3. The normalized spacial score (nSPS) is 11.4. The SMILES string of the molecule is Nc1nc2c(cnn2CCc2ccc(C(=O)O)nc2)c2nc(-c3ccco3)nn12. The Kier molecular flexibility index (Phi) is 3.72. The second-order valence-electron chi connectivity index (χ2n) is 6.33. The van der Waals surface area contributed by atoms with Crippen molar-refractivity contribution in [3.8, 4) is 11.6 Å². The van der Waals surface area contributed by atoms with Gasteiger partial charge in [-0.15, -0.1) is 5.10 Å². The van der Waals surface area contributed by atoms with Crippen LogP contribution in [0.5, 0.6) is 0 Å². The van der Waals surface area contributed by atoms with Gasteiger partial charge in [-0.2, -0.15) is 14.6 Å². The van der Waals surface area contributed by atoms with Gasteiger partial charge in [-0.1, -0.05) is 6.07 Å². The molecule has 5 aromatic heterocycles. The summed E-state index contributed by atoms with van der Waals surface area (Å²) in [6.45, 7) is 0.513. The van der Waals surface area contributed by atoms with Gasteiger partial charge in [-0.05, 0) is 30.2 Å². The average Bonchev–Trinajstić information content (AvgIpc) is 3.45. The van der Waals surface area contributed by atoms with Gasteiger partial charge in [0.2, 0.25) is 11.8 Å². The number of hydrogen-bond donors (Lipinski definition) is 2. The summed E-state index contributed by atoms with van der Waals surface area (Å²) in [6.07, 6.45) is 5.36. The van der Waals surface area contributed by atoms with Crippen molar-refractivity contribution in [1.29, 1.82) is 0 Å². The number of aryl methyl sites for hydroxylation is 2. The zero-order valence-electron chi connectivity index (χ0n) is 14.9. The molecule has 0 saturated carbocycles. The van der Waals surface area contributed by atoms with Crippen LogP contribution in [-0.4, -0.2) is 45.4 Å². The minimum atomic E-state index is -1.06. The first-order chi connectivity index (χ1) is 14.1. The number of rotatable bonds is 5. The molecule has 3 N–H and O–H groups in total. The molecule has 5 rings (SSSR count). The Hall–Kier alpha value is -4.28. The molecule has 5 heterocycles. The first-order valence-electron chi connectivity index (χ1n) is 8.70. The van der Waals surface area contributed by atoms with E-state index in [1.807, 2.05) is 0 Å². The number of carboxylic acid groups (broad SMARTS) is 1. The van der Waals surface area contributed by atoms with Crippen LogP contribution in [0.1, 0.15) is 16.1 Å². The molecule has 0 atom stereocenters. The molecule has 11 heteroatoms. The molecule has 0 spiro atoms. The molecule has 11 nitrogen and oxygen atoms in total. The van der Waals surface area contributed by atoms with E-state index in [1.165, 1.54) is 10.6 Å². The largest absolute Gasteiger partial charge is 0.477 e. The fourth-order valence-electron chi connectivity index (χ4n) is 3.06. The minimum absolute atomic E-state index is 0.00860. The molecule has 0 aliphatic rings. The zero-order valence-corrected chi connectivity index (χ0v) is 14.9. The lowest BCUT2D eigenvalue weighted by Crippen LogP contribution is -2.08. The summed E-state index contributed by atoms with van der Waals surface area (Å²) in [6, 6.07) is 6.73. The van der Waals surface area contributed by atoms with Crippen molar-refractivity contribution >= 4 is 28.6 Å². The monoisotopic (exact) mass is 390 g/mol. The van der Waals surface area contributed by atoms with Crippen LogP contribution in [0.15, 0.2) is 47.3 Å². The maximum atomic E-state index is 10.9. The number of carboxylic acids is 1. The predicted octanol–water partition coefficient (Wildman–Crippen LogP) is 1.65. The Morgan fingerprint density at radius 2 is 2.07 bits per heavy atom. The van der Waals surface area contributed by atoms with E-state index in [-0.39, 0.29) is 11.6 Å². The standard InChI is InChI=1S/C18H14N8O3/c19-18-23-15-11(16-22-14(24-26(16)18)13-2-1-7-29-13)9-21-25(15)6-5-10-3-4-12(17(27)28)20-8-10/h1-4,7-9H,5-6H2,(H2,19,23)(H,27,28). The Balaban J connectivity index is 1.48. The van der Waals surface area contributed by atoms with E-state index in [9.17, 15) is 4.79 Å². The summed E-state index contributed by atoms with van der Waals surface area (Å²) in [5.74, 6) is 0.0758. The number of pyridine rings is 1. The molecular formula is C18H14N8O3. The highest BCUT2D eigenvalue weighted by atomic mass is 16.4. The van der Waals surface area contributed by atoms with Gasteiger partial charge in [0.1, 0.15) is 5.69 Å². The summed E-state index contributed by atoms with van der Waals surface area (Å²) in [7, 11) is 0. The molecule has 0 aliphatic carbocycles. The highest BCUT2D eigenvalue weighted by Gasteiger charge is 2.17. The first-order valence-corrected chi connectivity index (χ1v) is 8.70. The van der Waals surface area contributed by atoms with Gasteiger partial charge in [-0.25, -0.2) is 19.4 Å². The Morgan fingerprint density at radius 1 is 1.17 bits per heavy atom.